The summed E-state index contributed by atoms with van der Waals surface area (Å²) < 4.78 is 18.9. The van der Waals surface area contributed by atoms with Crippen molar-refractivity contribution in [2.24, 2.45) is 11.8 Å². The molecule has 0 N–H and O–H groups in total. The fraction of sp³-hybridized carbons (Fsp3) is 0.609. The van der Waals surface area contributed by atoms with E-state index in [1.807, 2.05) is 0 Å². The minimum Gasteiger partial charge on any atom is -0.360 e. The van der Waals surface area contributed by atoms with Crippen LogP contribution in [0.2, 0.25) is 0 Å². The van der Waals surface area contributed by atoms with E-state index < -0.39 is 0 Å². The molecule has 0 radical (unpaired) electrons. The summed E-state index contributed by atoms with van der Waals surface area (Å²) in [6, 6.07) is 4.62. The molecule has 2 atom stereocenters. The third kappa shape index (κ3) is 4.22. The SMILES string of the molecule is Cl.O=C1[C@H]2CCCC[C@H]2C(=O)N1CCCN1CCC(c2onc3cc(F)ccc23)CC1. The molecule has 3 heterocycles. The molecule has 0 spiro atoms. The Kier molecular flexibility index (Phi) is 6.63. The summed E-state index contributed by atoms with van der Waals surface area (Å²) >= 11 is 0. The average molecular weight is 450 g/mol. The van der Waals surface area contributed by atoms with Crippen LogP contribution < -0.4 is 0 Å². The van der Waals surface area contributed by atoms with Crippen molar-refractivity contribution >= 4 is 35.1 Å². The maximum absolute atomic E-state index is 13.4. The molecule has 168 valence electrons. The number of rotatable bonds is 5. The minimum absolute atomic E-state index is 0. The molecule has 6 nitrogen and oxygen atoms in total. The molecule has 3 aliphatic rings. The van der Waals surface area contributed by atoms with E-state index >= 15 is 0 Å². The molecule has 1 aromatic heterocycles. The number of aromatic nitrogens is 1. The quantitative estimate of drug-likeness (QED) is 0.642. The molecule has 3 fully saturated rings. The van der Waals surface area contributed by atoms with Crippen LogP contribution in [0.15, 0.2) is 22.7 Å². The lowest BCUT2D eigenvalue weighted by atomic mass is 9.81. The molecular weight excluding hydrogens is 421 g/mol. The molecule has 1 aromatic carbocycles. The van der Waals surface area contributed by atoms with E-state index in [9.17, 15) is 14.0 Å². The number of halogens is 2. The van der Waals surface area contributed by atoms with Crippen molar-refractivity contribution in [3.05, 3.63) is 29.8 Å². The van der Waals surface area contributed by atoms with Crippen LogP contribution in [0.3, 0.4) is 0 Å². The van der Waals surface area contributed by atoms with E-state index in [4.69, 9.17) is 4.52 Å². The monoisotopic (exact) mass is 449 g/mol. The number of carbonyl (C=O) groups excluding carboxylic acids is 2. The Morgan fingerprint density at radius 2 is 1.68 bits per heavy atom. The molecule has 1 saturated carbocycles. The Morgan fingerprint density at radius 3 is 2.35 bits per heavy atom. The van der Waals surface area contributed by atoms with Gasteiger partial charge < -0.3 is 9.42 Å². The van der Waals surface area contributed by atoms with Gasteiger partial charge in [0.2, 0.25) is 11.8 Å². The summed E-state index contributed by atoms with van der Waals surface area (Å²) in [5.74, 6) is 0.891. The topological polar surface area (TPSA) is 66.7 Å². The number of hydrogen-bond donors (Lipinski definition) is 0. The lowest BCUT2D eigenvalue weighted by molar-refractivity contribution is -0.140. The van der Waals surface area contributed by atoms with Gasteiger partial charge in [0.25, 0.3) is 0 Å². The molecule has 8 heteroatoms. The predicted octanol–water partition coefficient (Wildman–Crippen LogP) is 4.13. The minimum atomic E-state index is -0.300. The van der Waals surface area contributed by atoms with Crippen LogP contribution in [-0.4, -0.2) is 52.9 Å². The predicted molar refractivity (Wildman–Crippen MR) is 116 cm³/mol. The van der Waals surface area contributed by atoms with Crippen molar-refractivity contribution < 1.29 is 18.5 Å². The molecule has 1 aliphatic carbocycles. The lowest BCUT2D eigenvalue weighted by Crippen LogP contribution is -2.37. The second-order valence-electron chi connectivity index (χ2n) is 9.00. The van der Waals surface area contributed by atoms with Crippen molar-refractivity contribution in [2.45, 2.75) is 50.9 Å². The standard InChI is InChI=1S/C23H28FN3O3.ClH/c24-16-6-7-19-20(14-16)25-30-21(19)15-8-12-26(13-9-15)10-3-11-27-22(28)17-4-1-2-5-18(17)23(27)29;/h6-7,14-15,17-18H,1-5,8-13H2;1H/t17-,18+;. The zero-order valence-electron chi connectivity index (χ0n) is 17.6. The first kappa shape index (κ1) is 22.2. The lowest BCUT2D eigenvalue weighted by Gasteiger charge is -2.31. The first-order chi connectivity index (χ1) is 14.6. The van der Waals surface area contributed by atoms with Gasteiger partial charge in [-0.25, -0.2) is 4.39 Å². The molecule has 0 unspecified atom stereocenters. The van der Waals surface area contributed by atoms with E-state index in [1.54, 1.807) is 6.07 Å². The number of piperidine rings is 1. The van der Waals surface area contributed by atoms with Gasteiger partial charge in [-0.1, -0.05) is 18.0 Å². The number of amides is 2. The summed E-state index contributed by atoms with van der Waals surface area (Å²) in [5, 5.41) is 4.92. The van der Waals surface area contributed by atoms with Crippen LogP contribution in [0, 0.1) is 17.7 Å². The highest BCUT2D eigenvalue weighted by Crippen LogP contribution is 2.38. The number of nitrogens with zero attached hydrogens (tertiary/aromatic N) is 3. The Bertz CT molecular complexity index is 933. The zero-order valence-corrected chi connectivity index (χ0v) is 18.4. The van der Waals surface area contributed by atoms with Gasteiger partial charge in [-0.2, -0.15) is 0 Å². The van der Waals surface area contributed by atoms with Gasteiger partial charge in [-0.3, -0.25) is 14.5 Å². The maximum atomic E-state index is 13.4. The van der Waals surface area contributed by atoms with E-state index in [1.165, 1.54) is 17.0 Å². The number of likely N-dealkylation sites (tertiary alicyclic amines) is 2. The van der Waals surface area contributed by atoms with Gasteiger partial charge in [0.15, 0.2) is 0 Å². The van der Waals surface area contributed by atoms with Crippen LogP contribution >= 0.6 is 12.4 Å². The molecule has 2 aliphatic heterocycles. The summed E-state index contributed by atoms with van der Waals surface area (Å²) in [4.78, 5) is 29.1. The highest BCUT2D eigenvalue weighted by molar-refractivity contribution is 6.05. The fourth-order valence-corrected chi connectivity index (χ4v) is 5.55. The van der Waals surface area contributed by atoms with Crippen molar-refractivity contribution in [2.75, 3.05) is 26.2 Å². The molecule has 5 rings (SSSR count). The number of hydrogen-bond acceptors (Lipinski definition) is 5. The summed E-state index contributed by atoms with van der Waals surface area (Å²) in [5.41, 5.74) is 0.577. The van der Waals surface area contributed by atoms with Crippen LogP contribution in [0.4, 0.5) is 4.39 Å². The van der Waals surface area contributed by atoms with Crippen LogP contribution in [0.5, 0.6) is 0 Å². The number of fused-ring (bicyclic) bond motifs is 2. The Morgan fingerprint density at radius 1 is 1.00 bits per heavy atom. The van der Waals surface area contributed by atoms with E-state index in [0.717, 1.165) is 75.7 Å². The van der Waals surface area contributed by atoms with Gasteiger partial charge >= 0.3 is 0 Å². The second kappa shape index (κ2) is 9.25. The van der Waals surface area contributed by atoms with Crippen LogP contribution in [0.25, 0.3) is 10.9 Å². The van der Waals surface area contributed by atoms with Gasteiger partial charge in [0.05, 0.1) is 11.8 Å². The molecule has 2 aromatic rings. The van der Waals surface area contributed by atoms with Gasteiger partial charge in [-0.15, -0.1) is 12.4 Å². The number of imide groups is 1. The highest BCUT2D eigenvalue weighted by atomic mass is 35.5. The van der Waals surface area contributed by atoms with Crippen LogP contribution in [-0.2, 0) is 9.59 Å². The summed E-state index contributed by atoms with van der Waals surface area (Å²) in [7, 11) is 0. The maximum Gasteiger partial charge on any atom is 0.233 e. The number of carbonyl (C=O) groups is 2. The largest absolute Gasteiger partial charge is 0.360 e. The number of benzene rings is 1. The molecular formula is C23H29ClFN3O3. The molecule has 2 saturated heterocycles. The molecule has 0 bridgehead atoms. The van der Waals surface area contributed by atoms with Crippen molar-refractivity contribution in [1.29, 1.82) is 0 Å². The zero-order chi connectivity index (χ0) is 20.7. The normalized spacial score (nSPS) is 25.1. The van der Waals surface area contributed by atoms with E-state index in [0.29, 0.717) is 18.0 Å². The van der Waals surface area contributed by atoms with Crippen LogP contribution in [0.1, 0.15) is 56.6 Å². The van der Waals surface area contributed by atoms with Gasteiger partial charge in [-0.05, 0) is 63.9 Å². The first-order valence-electron chi connectivity index (χ1n) is 11.2. The second-order valence-corrected chi connectivity index (χ2v) is 9.00. The smallest absolute Gasteiger partial charge is 0.233 e. The Hall–Kier alpha value is -1.99. The molecule has 2 amide bonds. The van der Waals surface area contributed by atoms with Crippen molar-refractivity contribution in [3.8, 4) is 0 Å². The average Bonchev–Trinajstić information content (AvgIpc) is 3.29. The van der Waals surface area contributed by atoms with E-state index in [2.05, 4.69) is 10.1 Å². The third-order valence-electron chi connectivity index (χ3n) is 7.21. The van der Waals surface area contributed by atoms with E-state index in [-0.39, 0.29) is 41.9 Å². The van der Waals surface area contributed by atoms with Gasteiger partial charge in [0.1, 0.15) is 17.1 Å². The third-order valence-corrected chi connectivity index (χ3v) is 7.21. The Balaban J connectivity index is 0.00000231. The fourth-order valence-electron chi connectivity index (χ4n) is 5.55. The Labute approximate surface area is 187 Å². The summed E-state index contributed by atoms with van der Waals surface area (Å²) in [6.07, 6.45) is 6.65. The van der Waals surface area contributed by atoms with Crippen molar-refractivity contribution in [1.82, 2.24) is 15.0 Å². The highest BCUT2D eigenvalue weighted by Gasteiger charge is 2.47. The van der Waals surface area contributed by atoms with Crippen molar-refractivity contribution in [3.63, 3.8) is 0 Å². The molecule has 31 heavy (non-hydrogen) atoms. The first-order valence-corrected chi connectivity index (χ1v) is 11.2. The summed E-state index contributed by atoms with van der Waals surface area (Å²) in [6.45, 7) is 3.33. The van der Waals surface area contributed by atoms with Gasteiger partial charge in [0, 0.05) is 23.9 Å².